The first-order valence-corrected chi connectivity index (χ1v) is 10.1. The topological polar surface area (TPSA) is 3.24 Å². The number of anilines is 3. The Morgan fingerprint density at radius 2 is 1.52 bits per heavy atom. The van der Waals surface area contributed by atoms with E-state index in [9.17, 15) is 0 Å². The van der Waals surface area contributed by atoms with Crippen LogP contribution in [0.1, 0.15) is 0 Å². The van der Waals surface area contributed by atoms with Crippen LogP contribution in [-0.4, -0.2) is 0 Å². The predicted molar refractivity (Wildman–Crippen MR) is 105 cm³/mol. The zero-order chi connectivity index (χ0) is 15.6. The highest BCUT2D eigenvalue weighted by Crippen LogP contribution is 2.41. The van der Waals surface area contributed by atoms with Crippen LogP contribution >= 0.6 is 45.6 Å². The molecule has 0 saturated carbocycles. The maximum atomic E-state index is 6.05. The van der Waals surface area contributed by atoms with Crippen LogP contribution in [0.2, 0.25) is 5.02 Å². The van der Waals surface area contributed by atoms with Crippen LogP contribution in [-0.2, 0) is 0 Å². The summed E-state index contributed by atoms with van der Waals surface area (Å²) in [6.45, 7) is 0. The van der Waals surface area contributed by atoms with Gasteiger partial charge in [0.2, 0.25) is 0 Å². The van der Waals surface area contributed by atoms with E-state index in [1.54, 1.807) is 34.0 Å². The van der Waals surface area contributed by atoms with Crippen LogP contribution in [0.15, 0.2) is 69.4 Å². The molecule has 1 aromatic carbocycles. The minimum absolute atomic E-state index is 0.753. The second-order valence-electron chi connectivity index (χ2n) is 4.97. The highest BCUT2D eigenvalue weighted by molar-refractivity contribution is 7.14. The molecule has 4 aromatic rings. The van der Waals surface area contributed by atoms with Gasteiger partial charge in [-0.2, -0.15) is 22.7 Å². The Labute approximate surface area is 152 Å². The van der Waals surface area contributed by atoms with Crippen molar-refractivity contribution in [2.75, 3.05) is 4.90 Å². The molecule has 0 spiro atoms. The smallest absolute Gasteiger partial charge is 0.0575 e. The summed E-state index contributed by atoms with van der Waals surface area (Å²) in [5.74, 6) is 0. The molecule has 1 nitrogen and oxygen atoms in total. The van der Waals surface area contributed by atoms with Crippen molar-refractivity contribution in [2.24, 2.45) is 0 Å². The van der Waals surface area contributed by atoms with Crippen LogP contribution < -0.4 is 4.90 Å². The first kappa shape index (κ1) is 15.0. The fourth-order valence-corrected chi connectivity index (χ4v) is 4.77. The average Bonchev–Trinajstić information content (AvgIpc) is 3.32. The molecule has 0 aliphatic heterocycles. The quantitative estimate of drug-likeness (QED) is 0.355. The number of rotatable bonds is 4. The van der Waals surface area contributed by atoms with Crippen molar-refractivity contribution in [3.8, 4) is 10.4 Å². The number of benzene rings is 1. The SMILES string of the molecule is Clc1ccc(N(c2ccsc2)c2csc(-c3ccsc3)c2)cc1. The van der Waals surface area contributed by atoms with E-state index < -0.39 is 0 Å². The van der Waals surface area contributed by atoms with Crippen LogP contribution in [0, 0.1) is 0 Å². The lowest BCUT2D eigenvalue weighted by molar-refractivity contribution is 1.31. The number of halogens is 1. The van der Waals surface area contributed by atoms with E-state index in [2.05, 4.69) is 62.1 Å². The van der Waals surface area contributed by atoms with Crippen molar-refractivity contribution in [1.82, 2.24) is 0 Å². The molecule has 0 bridgehead atoms. The molecule has 3 heterocycles. The van der Waals surface area contributed by atoms with Gasteiger partial charge in [0.25, 0.3) is 0 Å². The third kappa shape index (κ3) is 3.08. The van der Waals surface area contributed by atoms with Gasteiger partial charge in [-0.25, -0.2) is 0 Å². The Hall–Kier alpha value is -1.59. The first-order valence-electron chi connectivity index (χ1n) is 7.00. The minimum atomic E-state index is 0.753. The molecule has 23 heavy (non-hydrogen) atoms. The lowest BCUT2D eigenvalue weighted by Crippen LogP contribution is -2.07. The Kier molecular flexibility index (Phi) is 4.23. The molecule has 0 atom stereocenters. The van der Waals surface area contributed by atoms with Gasteiger partial charge in [-0.1, -0.05) is 11.6 Å². The summed E-state index contributed by atoms with van der Waals surface area (Å²) < 4.78 is 0. The lowest BCUT2D eigenvalue weighted by atomic mass is 10.2. The van der Waals surface area contributed by atoms with Gasteiger partial charge in [0.05, 0.1) is 11.4 Å². The van der Waals surface area contributed by atoms with Crippen LogP contribution in [0.3, 0.4) is 0 Å². The van der Waals surface area contributed by atoms with Crippen LogP contribution in [0.4, 0.5) is 17.1 Å². The standard InChI is InChI=1S/C18H12ClNS3/c19-14-1-3-15(4-2-14)20(16-6-8-22-11-16)17-9-18(23-12-17)13-5-7-21-10-13/h1-12H. The van der Waals surface area contributed by atoms with Crippen molar-refractivity contribution in [3.05, 3.63) is 74.4 Å². The van der Waals surface area contributed by atoms with Gasteiger partial charge in [0.1, 0.15) is 0 Å². The summed E-state index contributed by atoms with van der Waals surface area (Å²) in [6, 6.07) is 14.5. The van der Waals surface area contributed by atoms with E-state index in [4.69, 9.17) is 11.6 Å². The average molecular weight is 374 g/mol. The number of hydrogen-bond acceptors (Lipinski definition) is 4. The molecule has 0 fully saturated rings. The van der Waals surface area contributed by atoms with Gasteiger partial charge < -0.3 is 4.90 Å². The second-order valence-corrected chi connectivity index (χ2v) is 7.88. The van der Waals surface area contributed by atoms with Gasteiger partial charge in [-0.05, 0) is 58.6 Å². The minimum Gasteiger partial charge on any atom is -0.309 e. The maximum Gasteiger partial charge on any atom is 0.0575 e. The monoisotopic (exact) mass is 373 g/mol. The number of nitrogens with zero attached hydrogens (tertiary/aromatic N) is 1. The summed E-state index contributed by atoms with van der Waals surface area (Å²) in [4.78, 5) is 3.55. The number of thiophene rings is 3. The first-order chi connectivity index (χ1) is 11.3. The molecular formula is C18H12ClNS3. The zero-order valence-corrected chi connectivity index (χ0v) is 15.2. The lowest BCUT2D eigenvalue weighted by Gasteiger charge is -2.22. The van der Waals surface area contributed by atoms with Crippen molar-refractivity contribution in [2.45, 2.75) is 0 Å². The maximum absolute atomic E-state index is 6.05. The third-order valence-electron chi connectivity index (χ3n) is 3.50. The predicted octanol–water partition coefficient (Wildman–Crippen LogP) is 7.66. The molecular weight excluding hydrogens is 362 g/mol. The molecule has 0 N–H and O–H groups in total. The Morgan fingerprint density at radius 3 is 2.22 bits per heavy atom. The van der Waals surface area contributed by atoms with E-state index in [0.29, 0.717) is 0 Å². The highest BCUT2D eigenvalue weighted by Gasteiger charge is 2.15. The van der Waals surface area contributed by atoms with Gasteiger partial charge in [-0.3, -0.25) is 0 Å². The summed E-state index contributed by atoms with van der Waals surface area (Å²) in [6.07, 6.45) is 0. The van der Waals surface area contributed by atoms with Crippen LogP contribution in [0.25, 0.3) is 10.4 Å². The highest BCUT2D eigenvalue weighted by atomic mass is 35.5. The molecule has 0 aliphatic carbocycles. The zero-order valence-electron chi connectivity index (χ0n) is 12.0. The molecule has 0 saturated heterocycles. The fraction of sp³-hybridized carbons (Fsp3) is 0. The Balaban J connectivity index is 1.78. The summed E-state index contributed by atoms with van der Waals surface area (Å²) in [5, 5.41) is 11.5. The van der Waals surface area contributed by atoms with Crippen LogP contribution in [0.5, 0.6) is 0 Å². The van der Waals surface area contributed by atoms with Gasteiger partial charge in [0.15, 0.2) is 0 Å². The molecule has 0 unspecified atom stereocenters. The van der Waals surface area contributed by atoms with Gasteiger partial charge in [-0.15, -0.1) is 11.3 Å². The fourth-order valence-electron chi connectivity index (χ4n) is 2.42. The molecule has 0 amide bonds. The Bertz CT molecular complexity index is 877. The summed E-state index contributed by atoms with van der Waals surface area (Å²) >= 11 is 11.2. The largest absolute Gasteiger partial charge is 0.309 e. The Morgan fingerprint density at radius 1 is 0.739 bits per heavy atom. The molecule has 0 aliphatic rings. The second kappa shape index (κ2) is 6.49. The number of hydrogen-bond donors (Lipinski definition) is 0. The van der Waals surface area contributed by atoms with Gasteiger partial charge >= 0.3 is 0 Å². The molecule has 114 valence electrons. The van der Waals surface area contributed by atoms with Crippen molar-refractivity contribution in [1.29, 1.82) is 0 Å². The molecule has 5 heteroatoms. The van der Waals surface area contributed by atoms with E-state index in [-0.39, 0.29) is 0 Å². The molecule has 3 aromatic heterocycles. The van der Waals surface area contributed by atoms with E-state index in [0.717, 1.165) is 10.7 Å². The van der Waals surface area contributed by atoms with E-state index in [1.807, 2.05) is 12.1 Å². The normalized spacial score (nSPS) is 10.8. The summed E-state index contributed by atoms with van der Waals surface area (Å²) in [7, 11) is 0. The van der Waals surface area contributed by atoms with Gasteiger partial charge in [0, 0.05) is 31.9 Å². The van der Waals surface area contributed by atoms with E-state index in [1.165, 1.54) is 21.8 Å². The van der Waals surface area contributed by atoms with Crippen molar-refractivity contribution >= 4 is 62.7 Å². The molecule has 4 rings (SSSR count). The molecule has 0 radical (unpaired) electrons. The van der Waals surface area contributed by atoms with Crippen molar-refractivity contribution in [3.63, 3.8) is 0 Å². The van der Waals surface area contributed by atoms with E-state index >= 15 is 0 Å². The summed E-state index contributed by atoms with van der Waals surface area (Å²) in [5.41, 5.74) is 4.75. The van der Waals surface area contributed by atoms with Crippen molar-refractivity contribution < 1.29 is 0 Å². The third-order valence-corrected chi connectivity index (χ3v) is 6.07.